The number of nitrogens with zero attached hydrogens (tertiary/aromatic N) is 1. The predicted molar refractivity (Wildman–Crippen MR) is 115 cm³/mol. The van der Waals surface area contributed by atoms with Crippen LogP contribution in [0.25, 0.3) is 0 Å². The van der Waals surface area contributed by atoms with Crippen molar-refractivity contribution in [2.75, 3.05) is 13.2 Å². The molecule has 8 nitrogen and oxygen atoms in total. The van der Waals surface area contributed by atoms with Gasteiger partial charge >= 0.3 is 7.60 Å². The lowest BCUT2D eigenvalue weighted by atomic mass is 10.1. The zero-order chi connectivity index (χ0) is 22.1. The van der Waals surface area contributed by atoms with Gasteiger partial charge in [-0.15, -0.1) is 0 Å². The molecule has 10 heteroatoms. The van der Waals surface area contributed by atoms with Gasteiger partial charge in [-0.05, 0) is 30.5 Å². The van der Waals surface area contributed by atoms with Crippen LogP contribution in [0.3, 0.4) is 0 Å². The molecule has 0 aliphatic carbocycles. The van der Waals surface area contributed by atoms with E-state index in [1.807, 2.05) is 13.8 Å². The van der Waals surface area contributed by atoms with Gasteiger partial charge in [-0.3, -0.25) is 19.5 Å². The van der Waals surface area contributed by atoms with E-state index in [0.29, 0.717) is 18.4 Å². The van der Waals surface area contributed by atoms with Gasteiger partial charge in [0.1, 0.15) is 5.02 Å². The van der Waals surface area contributed by atoms with Crippen molar-refractivity contribution in [2.24, 2.45) is 0 Å². The highest BCUT2D eigenvalue weighted by Gasteiger charge is 2.38. The quantitative estimate of drug-likeness (QED) is 0.264. The van der Waals surface area contributed by atoms with Crippen LogP contribution >= 0.6 is 19.2 Å². The molecule has 162 valence electrons. The Labute approximate surface area is 180 Å². The van der Waals surface area contributed by atoms with Crippen LogP contribution in [-0.2, 0) is 13.6 Å². The van der Waals surface area contributed by atoms with Crippen LogP contribution in [0, 0.1) is 10.1 Å². The van der Waals surface area contributed by atoms with Crippen molar-refractivity contribution in [3.05, 3.63) is 74.8 Å². The van der Waals surface area contributed by atoms with Crippen LogP contribution in [-0.4, -0.2) is 24.0 Å². The molecule has 0 bridgehead atoms. The lowest BCUT2D eigenvalue weighted by Crippen LogP contribution is -2.30. The summed E-state index contributed by atoms with van der Waals surface area (Å²) < 4.78 is 24.8. The van der Waals surface area contributed by atoms with Crippen molar-refractivity contribution in [3.63, 3.8) is 0 Å². The normalized spacial score (nSPS) is 12.4. The Balaban J connectivity index is 2.42. The van der Waals surface area contributed by atoms with E-state index < -0.39 is 29.9 Å². The zero-order valence-corrected chi connectivity index (χ0v) is 18.4. The first-order chi connectivity index (χ1) is 14.3. The van der Waals surface area contributed by atoms with Gasteiger partial charge < -0.3 is 14.4 Å². The van der Waals surface area contributed by atoms with Crippen molar-refractivity contribution < 1.29 is 23.3 Å². The highest BCUT2D eigenvalue weighted by Crippen LogP contribution is 2.59. The van der Waals surface area contributed by atoms with Crippen molar-refractivity contribution in [1.82, 2.24) is 5.32 Å². The summed E-state index contributed by atoms with van der Waals surface area (Å²) in [6, 6.07) is 12.4. The number of nitrogens with one attached hydrogen (secondary N) is 1. The van der Waals surface area contributed by atoms with Crippen LogP contribution < -0.4 is 5.32 Å². The van der Waals surface area contributed by atoms with E-state index in [0.717, 1.165) is 6.07 Å². The minimum absolute atomic E-state index is 0.00423. The Morgan fingerprint density at radius 1 is 1.13 bits per heavy atom. The molecule has 1 unspecified atom stereocenters. The molecule has 0 fully saturated rings. The number of carbonyl (C=O) groups is 1. The van der Waals surface area contributed by atoms with Crippen LogP contribution in [0.2, 0.25) is 5.02 Å². The molecule has 2 rings (SSSR count). The third kappa shape index (κ3) is 6.12. The number of hydrogen-bond acceptors (Lipinski definition) is 6. The standard InChI is InChI=1S/C20H24ClN2O6P/c1-3-12-28-30(27,29-13-4-2)20(15-8-6-5-7-9-15)22-19(24)16-10-11-17(21)18(14-16)23(25)26/h5-11,14,20H,3-4,12-13H2,1-2H3,(H,22,24). The molecule has 0 aromatic heterocycles. The minimum Gasteiger partial charge on any atom is -0.334 e. The fourth-order valence-electron chi connectivity index (χ4n) is 2.61. The van der Waals surface area contributed by atoms with Crippen LogP contribution in [0.4, 0.5) is 5.69 Å². The van der Waals surface area contributed by atoms with Crippen molar-refractivity contribution >= 4 is 30.8 Å². The second-order valence-corrected chi connectivity index (χ2v) is 8.94. The summed E-state index contributed by atoms with van der Waals surface area (Å²) in [4.78, 5) is 23.4. The molecule has 0 radical (unpaired) electrons. The molecule has 1 atom stereocenters. The lowest BCUT2D eigenvalue weighted by Gasteiger charge is -2.28. The number of hydrogen-bond donors (Lipinski definition) is 1. The second-order valence-electron chi connectivity index (χ2n) is 6.42. The number of nitro benzene ring substituents is 1. The molecular weight excluding hydrogens is 431 g/mol. The number of benzene rings is 2. The average molecular weight is 455 g/mol. The smallest absolute Gasteiger partial charge is 0.334 e. The largest absolute Gasteiger partial charge is 0.357 e. The zero-order valence-electron chi connectivity index (χ0n) is 16.7. The first kappa shape index (κ1) is 24.0. The van der Waals surface area contributed by atoms with Crippen molar-refractivity contribution in [1.29, 1.82) is 0 Å². The van der Waals surface area contributed by atoms with E-state index in [-0.39, 0.29) is 23.8 Å². The maximum atomic E-state index is 13.6. The summed E-state index contributed by atoms with van der Waals surface area (Å²) in [5.74, 6) is -1.75. The third-order valence-electron chi connectivity index (χ3n) is 4.06. The Morgan fingerprint density at radius 2 is 1.73 bits per heavy atom. The number of carbonyl (C=O) groups excluding carboxylic acids is 1. The highest BCUT2D eigenvalue weighted by atomic mass is 35.5. The summed E-state index contributed by atoms with van der Waals surface area (Å²) in [5, 5.41) is 13.7. The first-order valence-corrected chi connectivity index (χ1v) is 11.5. The number of nitro groups is 1. The number of amides is 1. The monoisotopic (exact) mass is 454 g/mol. The molecule has 0 heterocycles. The van der Waals surface area contributed by atoms with Crippen LogP contribution in [0.5, 0.6) is 0 Å². The lowest BCUT2D eigenvalue weighted by molar-refractivity contribution is -0.384. The van der Waals surface area contributed by atoms with Gasteiger partial charge in [0.05, 0.1) is 18.1 Å². The Kier molecular flexibility index (Phi) is 8.99. The van der Waals surface area contributed by atoms with E-state index in [2.05, 4.69) is 5.32 Å². The molecule has 1 N–H and O–H groups in total. The maximum absolute atomic E-state index is 13.6. The Bertz CT molecular complexity index is 913. The number of halogens is 1. The van der Waals surface area contributed by atoms with Crippen LogP contribution in [0.15, 0.2) is 48.5 Å². The van der Waals surface area contributed by atoms with Gasteiger partial charge in [-0.1, -0.05) is 55.8 Å². The molecule has 0 saturated carbocycles. The Hall–Kier alpha value is -2.25. The highest BCUT2D eigenvalue weighted by molar-refractivity contribution is 7.54. The molecule has 0 saturated heterocycles. The summed E-state index contributed by atoms with van der Waals surface area (Å²) in [6.45, 7) is 4.11. The van der Waals surface area contributed by atoms with Crippen LogP contribution in [0.1, 0.15) is 48.4 Å². The summed E-state index contributed by atoms with van der Waals surface area (Å²) in [7, 11) is -3.79. The minimum atomic E-state index is -3.79. The molecule has 0 spiro atoms. The second kappa shape index (κ2) is 11.2. The summed E-state index contributed by atoms with van der Waals surface area (Å²) in [5.41, 5.74) is 0.141. The predicted octanol–water partition coefficient (Wildman–Crippen LogP) is 5.72. The van der Waals surface area contributed by atoms with E-state index in [1.54, 1.807) is 30.3 Å². The van der Waals surface area contributed by atoms with Gasteiger partial charge in [0.15, 0.2) is 5.78 Å². The molecular formula is C20H24ClN2O6P. The van der Waals surface area contributed by atoms with E-state index in [9.17, 15) is 19.5 Å². The van der Waals surface area contributed by atoms with E-state index in [1.165, 1.54) is 12.1 Å². The topological polar surface area (TPSA) is 108 Å². The fraction of sp³-hybridized carbons (Fsp3) is 0.350. The fourth-order valence-corrected chi connectivity index (χ4v) is 4.85. The first-order valence-electron chi connectivity index (χ1n) is 9.51. The van der Waals surface area contributed by atoms with Gasteiger partial charge in [-0.25, -0.2) is 0 Å². The van der Waals surface area contributed by atoms with Gasteiger partial charge in [0, 0.05) is 11.6 Å². The molecule has 2 aromatic carbocycles. The SMILES string of the molecule is CCCOP(=O)(OCCC)C(NC(=O)c1ccc(Cl)c([N+](=O)[O-])c1)c1ccccc1. The van der Waals surface area contributed by atoms with Gasteiger partial charge in [0.2, 0.25) is 0 Å². The van der Waals surface area contributed by atoms with Crippen molar-refractivity contribution in [2.45, 2.75) is 32.5 Å². The molecule has 2 aromatic rings. The Morgan fingerprint density at radius 3 is 2.27 bits per heavy atom. The molecule has 30 heavy (non-hydrogen) atoms. The summed E-state index contributed by atoms with van der Waals surface area (Å²) in [6.07, 6.45) is 1.22. The van der Waals surface area contributed by atoms with Gasteiger partial charge in [-0.2, -0.15) is 0 Å². The van der Waals surface area contributed by atoms with Crippen molar-refractivity contribution in [3.8, 4) is 0 Å². The maximum Gasteiger partial charge on any atom is 0.357 e. The third-order valence-corrected chi connectivity index (χ3v) is 6.52. The molecule has 0 aliphatic heterocycles. The van der Waals surface area contributed by atoms with Gasteiger partial charge in [0.25, 0.3) is 11.6 Å². The summed E-state index contributed by atoms with van der Waals surface area (Å²) >= 11 is 5.83. The molecule has 0 aliphatic rings. The average Bonchev–Trinajstić information content (AvgIpc) is 2.75. The molecule has 1 amide bonds. The number of rotatable bonds is 11. The van der Waals surface area contributed by atoms with E-state index >= 15 is 0 Å². The van der Waals surface area contributed by atoms with E-state index in [4.69, 9.17) is 20.6 Å².